The van der Waals surface area contributed by atoms with Crippen molar-refractivity contribution < 1.29 is 19.1 Å². The second-order valence-corrected chi connectivity index (χ2v) is 7.61. The van der Waals surface area contributed by atoms with Gasteiger partial charge in [0, 0.05) is 10.7 Å². The Kier molecular flexibility index (Phi) is 10.2. The van der Waals surface area contributed by atoms with Gasteiger partial charge in [-0.25, -0.2) is 0 Å². The topological polar surface area (TPSA) is 52.6 Å². The van der Waals surface area contributed by atoms with Crippen molar-refractivity contribution in [3.05, 3.63) is 20.5 Å². The quantitative estimate of drug-likeness (QED) is 0.218. The maximum Gasteiger partial charge on any atom is 0.239 e. The van der Waals surface area contributed by atoms with E-state index in [0.29, 0.717) is 13.2 Å². The van der Waals surface area contributed by atoms with E-state index in [4.69, 9.17) is 9.47 Å². The van der Waals surface area contributed by atoms with Gasteiger partial charge in [-0.15, -0.1) is 0 Å². The molecule has 0 spiro atoms. The summed E-state index contributed by atoms with van der Waals surface area (Å²) >= 11 is 13.0. The smallest absolute Gasteiger partial charge is 0.239 e. The van der Waals surface area contributed by atoms with E-state index in [-0.39, 0.29) is 32.0 Å². The van der Waals surface area contributed by atoms with Crippen molar-refractivity contribution in [1.82, 2.24) is 0 Å². The molecule has 0 saturated heterocycles. The van der Waals surface area contributed by atoms with Gasteiger partial charge in [-0.1, -0.05) is 31.9 Å². The van der Waals surface area contributed by atoms with Crippen molar-refractivity contribution in [2.24, 2.45) is 0 Å². The monoisotopic (exact) mass is 564 g/mol. The third-order valence-corrected chi connectivity index (χ3v) is 5.32. The summed E-state index contributed by atoms with van der Waals surface area (Å²) in [6.45, 7) is 0.771. The normalized spacial score (nSPS) is 15.6. The molecule has 0 fully saturated rings. The molecular formula is C14H16Br4O4. The lowest BCUT2D eigenvalue weighted by atomic mass is 10.1. The summed E-state index contributed by atoms with van der Waals surface area (Å²) in [6.07, 6.45) is 3.47. The number of hydrogen-bond acceptors (Lipinski definition) is 4. The van der Waals surface area contributed by atoms with Gasteiger partial charge in [0.05, 0.1) is 13.2 Å². The average molecular weight is 568 g/mol. The van der Waals surface area contributed by atoms with Crippen LogP contribution in [-0.4, -0.2) is 35.4 Å². The van der Waals surface area contributed by atoms with Gasteiger partial charge in [0.1, 0.15) is 8.96 Å². The van der Waals surface area contributed by atoms with Crippen molar-refractivity contribution in [3.8, 4) is 0 Å². The summed E-state index contributed by atoms with van der Waals surface area (Å²) in [4.78, 5) is 24.6. The molecule has 0 bridgehead atoms. The minimum Gasteiger partial charge on any atom is -0.488 e. The highest BCUT2D eigenvalue weighted by Gasteiger charge is 2.35. The average Bonchev–Trinajstić information content (AvgIpc) is 2.51. The first-order valence-corrected chi connectivity index (χ1v) is 10.6. The molecule has 0 unspecified atom stereocenters. The number of rotatable bonds is 10. The lowest BCUT2D eigenvalue weighted by molar-refractivity contribution is -0.120. The van der Waals surface area contributed by atoms with Crippen LogP contribution in [0.4, 0.5) is 0 Å². The predicted octanol–water partition coefficient (Wildman–Crippen LogP) is 4.73. The number of hydrogen-bond donors (Lipinski definition) is 0. The van der Waals surface area contributed by atoms with Crippen LogP contribution in [0, 0.1) is 0 Å². The van der Waals surface area contributed by atoms with Crippen LogP contribution in [0.5, 0.6) is 0 Å². The summed E-state index contributed by atoms with van der Waals surface area (Å²) in [5, 5.41) is 1.75. The Hall–Kier alpha value is 0.340. The number of unbranched alkanes of at least 4 members (excludes halogenated alkanes) is 2. The molecule has 0 aromatic carbocycles. The van der Waals surface area contributed by atoms with Gasteiger partial charge in [0.15, 0.2) is 11.5 Å². The van der Waals surface area contributed by atoms with E-state index in [9.17, 15) is 9.59 Å². The number of carbonyl (C=O) groups excluding carboxylic acids is 2. The Balaban J connectivity index is 2.71. The summed E-state index contributed by atoms with van der Waals surface area (Å²) in [6, 6.07) is 0. The predicted molar refractivity (Wildman–Crippen MR) is 99.9 cm³/mol. The number of carbonyl (C=O) groups is 2. The summed E-state index contributed by atoms with van der Waals surface area (Å²) < 4.78 is 11.2. The van der Waals surface area contributed by atoms with Crippen molar-refractivity contribution >= 4 is 75.3 Å². The molecule has 1 aliphatic carbocycles. The third kappa shape index (κ3) is 5.76. The van der Waals surface area contributed by atoms with Crippen LogP contribution >= 0.6 is 63.7 Å². The Morgan fingerprint density at radius 3 is 1.36 bits per heavy atom. The lowest BCUT2D eigenvalue weighted by Gasteiger charge is -2.19. The van der Waals surface area contributed by atoms with Crippen molar-refractivity contribution in [3.63, 3.8) is 0 Å². The standard InChI is InChI=1S/C14H16Br4O4/c15-5-1-3-7-21-13-9(17)12(20)14(10(18)11(13)19)22-8-4-2-6-16/h1-8H2. The first-order valence-electron chi connectivity index (χ1n) is 6.81. The lowest BCUT2D eigenvalue weighted by Crippen LogP contribution is -2.23. The zero-order chi connectivity index (χ0) is 16.5. The van der Waals surface area contributed by atoms with Crippen LogP contribution in [0.15, 0.2) is 20.5 Å². The second-order valence-electron chi connectivity index (χ2n) is 4.43. The summed E-state index contributed by atoms with van der Waals surface area (Å²) in [7, 11) is 0. The SMILES string of the molecule is O=C1C(Br)=C(OCCCCBr)C(=O)C(Br)=C1OCCCCBr. The van der Waals surface area contributed by atoms with Gasteiger partial charge in [0.2, 0.25) is 11.6 Å². The second kappa shape index (κ2) is 11.0. The number of ether oxygens (including phenoxy) is 2. The van der Waals surface area contributed by atoms with Gasteiger partial charge < -0.3 is 9.47 Å². The molecular weight excluding hydrogens is 552 g/mol. The molecule has 1 aliphatic rings. The Bertz CT molecular complexity index is 441. The highest BCUT2D eigenvalue weighted by molar-refractivity contribution is 9.12. The molecule has 0 N–H and O–H groups in total. The van der Waals surface area contributed by atoms with E-state index in [0.717, 1.165) is 36.3 Å². The highest BCUT2D eigenvalue weighted by atomic mass is 79.9. The molecule has 124 valence electrons. The van der Waals surface area contributed by atoms with Crippen LogP contribution in [0.25, 0.3) is 0 Å². The number of alkyl halides is 2. The molecule has 0 aromatic rings. The van der Waals surface area contributed by atoms with E-state index in [1.807, 2.05) is 0 Å². The van der Waals surface area contributed by atoms with Gasteiger partial charge in [0.25, 0.3) is 0 Å². The molecule has 0 atom stereocenters. The first kappa shape index (κ1) is 20.4. The van der Waals surface area contributed by atoms with Crippen LogP contribution in [-0.2, 0) is 19.1 Å². The maximum atomic E-state index is 12.3. The van der Waals surface area contributed by atoms with Crippen LogP contribution in [0.3, 0.4) is 0 Å². The van der Waals surface area contributed by atoms with Crippen molar-refractivity contribution in [2.75, 3.05) is 23.9 Å². The van der Waals surface area contributed by atoms with Crippen molar-refractivity contribution in [1.29, 1.82) is 0 Å². The third-order valence-electron chi connectivity index (χ3n) is 2.76. The molecule has 8 heteroatoms. The van der Waals surface area contributed by atoms with E-state index < -0.39 is 0 Å². The molecule has 0 radical (unpaired) electrons. The first-order chi connectivity index (χ1) is 10.5. The minimum absolute atomic E-state index is 0.0410. The molecule has 0 aliphatic heterocycles. The number of halogens is 4. The highest BCUT2D eigenvalue weighted by Crippen LogP contribution is 2.32. The number of allylic oxidation sites excluding steroid dienone is 2. The van der Waals surface area contributed by atoms with Crippen molar-refractivity contribution in [2.45, 2.75) is 25.7 Å². The largest absolute Gasteiger partial charge is 0.488 e. The van der Waals surface area contributed by atoms with E-state index in [2.05, 4.69) is 63.7 Å². The van der Waals surface area contributed by atoms with Gasteiger partial charge in [-0.2, -0.15) is 0 Å². The Morgan fingerprint density at radius 1 is 0.682 bits per heavy atom. The molecule has 1 rings (SSSR count). The molecule has 0 heterocycles. The molecule has 22 heavy (non-hydrogen) atoms. The zero-order valence-electron chi connectivity index (χ0n) is 11.8. The van der Waals surface area contributed by atoms with Gasteiger partial charge in [-0.3, -0.25) is 9.59 Å². The van der Waals surface area contributed by atoms with Gasteiger partial charge >= 0.3 is 0 Å². The summed E-state index contributed by atoms with van der Waals surface area (Å²) in [5.74, 6) is -0.667. The van der Waals surface area contributed by atoms with Gasteiger partial charge in [-0.05, 0) is 57.5 Å². The molecule has 4 nitrogen and oxygen atoms in total. The molecule has 0 saturated carbocycles. The maximum absolute atomic E-state index is 12.3. The summed E-state index contributed by atoms with van der Waals surface area (Å²) in [5.41, 5.74) is 0. The van der Waals surface area contributed by atoms with Crippen LogP contribution in [0.2, 0.25) is 0 Å². The fourth-order valence-corrected chi connectivity index (χ4v) is 3.35. The number of Topliss-reactive ketones (excluding diaryl/α,β-unsaturated/α-hetero) is 2. The molecule has 0 aromatic heterocycles. The zero-order valence-corrected chi connectivity index (χ0v) is 18.1. The molecule has 0 amide bonds. The Morgan fingerprint density at radius 2 is 1.05 bits per heavy atom. The fourth-order valence-electron chi connectivity index (χ4n) is 1.60. The van der Waals surface area contributed by atoms with E-state index in [1.54, 1.807) is 0 Å². The van der Waals surface area contributed by atoms with E-state index >= 15 is 0 Å². The Labute approximate surface area is 163 Å². The van der Waals surface area contributed by atoms with Crippen LogP contribution < -0.4 is 0 Å². The fraction of sp³-hybridized carbons (Fsp3) is 0.571. The van der Waals surface area contributed by atoms with Crippen LogP contribution in [0.1, 0.15) is 25.7 Å². The minimum atomic E-state index is -0.374. The number of ketones is 2. The van der Waals surface area contributed by atoms with E-state index in [1.165, 1.54) is 0 Å².